The third-order valence-electron chi connectivity index (χ3n) is 3.18. The number of rotatable bonds is 5. The van der Waals surface area contributed by atoms with Crippen LogP contribution in [-0.4, -0.2) is 32.6 Å². The highest BCUT2D eigenvalue weighted by Gasteiger charge is 2.18. The van der Waals surface area contributed by atoms with Gasteiger partial charge in [0.15, 0.2) is 0 Å². The lowest BCUT2D eigenvalue weighted by Crippen LogP contribution is -2.23. The number of carbonyl (C=O) groups is 1. The summed E-state index contributed by atoms with van der Waals surface area (Å²) in [6.07, 6.45) is 2.82. The summed E-state index contributed by atoms with van der Waals surface area (Å²) in [7, 11) is 0. The Hall–Kier alpha value is -1.69. The second-order valence-corrected chi connectivity index (χ2v) is 5.23. The lowest BCUT2D eigenvalue weighted by molar-refractivity contribution is 0.0699. The van der Waals surface area contributed by atoms with Crippen LogP contribution in [0.2, 0.25) is 0 Å². The topological polar surface area (TPSA) is 75.1 Å². The van der Waals surface area contributed by atoms with E-state index in [1.165, 1.54) is 6.07 Å². The number of imidazole rings is 1. The van der Waals surface area contributed by atoms with Crippen molar-refractivity contribution in [3.8, 4) is 0 Å². The van der Waals surface area contributed by atoms with E-state index in [2.05, 4.69) is 4.98 Å². The van der Waals surface area contributed by atoms with Gasteiger partial charge in [0.05, 0.1) is 16.6 Å². The summed E-state index contributed by atoms with van der Waals surface area (Å²) >= 11 is 1.67. The number of hydrogen-bond donors (Lipinski definition) is 2. The molecule has 2 rings (SSSR count). The summed E-state index contributed by atoms with van der Waals surface area (Å²) in [4.78, 5) is 25.9. The monoisotopic (exact) mass is 280 g/mol. The molecule has 1 aromatic carbocycles. The molecule has 1 heterocycles. The molecule has 1 unspecified atom stereocenters. The molecule has 2 N–H and O–H groups in total. The van der Waals surface area contributed by atoms with Crippen LogP contribution in [0.25, 0.3) is 11.0 Å². The predicted molar refractivity (Wildman–Crippen MR) is 77.2 cm³/mol. The normalized spacial score (nSPS) is 12.7. The molecule has 0 saturated carbocycles. The van der Waals surface area contributed by atoms with Gasteiger partial charge in [-0.15, -0.1) is 0 Å². The van der Waals surface area contributed by atoms with Gasteiger partial charge >= 0.3 is 11.7 Å². The highest BCUT2D eigenvalue weighted by atomic mass is 32.2. The fourth-order valence-electron chi connectivity index (χ4n) is 2.26. The fourth-order valence-corrected chi connectivity index (χ4v) is 3.03. The zero-order valence-electron chi connectivity index (χ0n) is 10.8. The number of nitrogens with one attached hydrogen (secondary N) is 1. The maximum Gasteiger partial charge on any atom is 0.337 e. The van der Waals surface area contributed by atoms with Crippen LogP contribution in [-0.2, 0) is 0 Å². The van der Waals surface area contributed by atoms with Crippen LogP contribution in [0.1, 0.15) is 29.7 Å². The Kier molecular flexibility index (Phi) is 3.99. The maximum absolute atomic E-state index is 12.1. The second kappa shape index (κ2) is 5.52. The van der Waals surface area contributed by atoms with Gasteiger partial charge < -0.3 is 10.1 Å². The SMILES string of the molecule is CCC(CSC)n1c(=O)[nH]c2c(C(=O)O)cccc21. The molecule has 1 aromatic heterocycles. The number of benzene rings is 1. The van der Waals surface area contributed by atoms with Crippen LogP contribution >= 0.6 is 11.8 Å². The summed E-state index contributed by atoms with van der Waals surface area (Å²) in [6, 6.07) is 5.02. The van der Waals surface area contributed by atoms with Crippen LogP contribution in [0, 0.1) is 0 Å². The minimum Gasteiger partial charge on any atom is -0.478 e. The molecule has 5 nitrogen and oxygen atoms in total. The third kappa shape index (κ3) is 2.40. The molecular weight excluding hydrogens is 264 g/mol. The molecule has 0 aliphatic carbocycles. The fraction of sp³-hybridized carbons (Fsp3) is 0.385. The maximum atomic E-state index is 12.1. The first-order valence-corrected chi connectivity index (χ1v) is 7.45. The lowest BCUT2D eigenvalue weighted by atomic mass is 10.1. The number of aromatic nitrogens is 2. The Bertz CT molecular complexity index is 659. The average Bonchev–Trinajstić information content (AvgIpc) is 2.71. The molecule has 0 fully saturated rings. The Morgan fingerprint density at radius 1 is 1.53 bits per heavy atom. The van der Waals surface area contributed by atoms with Crippen molar-refractivity contribution in [3.63, 3.8) is 0 Å². The third-order valence-corrected chi connectivity index (χ3v) is 3.90. The van der Waals surface area contributed by atoms with Crippen LogP contribution in [0.5, 0.6) is 0 Å². The van der Waals surface area contributed by atoms with Crippen LogP contribution in [0.3, 0.4) is 0 Å². The Labute approximate surface area is 114 Å². The first-order valence-electron chi connectivity index (χ1n) is 6.05. The molecule has 0 aliphatic rings. The van der Waals surface area contributed by atoms with Crippen molar-refractivity contribution in [2.24, 2.45) is 0 Å². The Morgan fingerprint density at radius 2 is 2.26 bits per heavy atom. The molecule has 0 bridgehead atoms. The summed E-state index contributed by atoms with van der Waals surface area (Å²) < 4.78 is 1.66. The molecule has 2 aromatic rings. The van der Waals surface area contributed by atoms with Gasteiger partial charge in [-0.25, -0.2) is 9.59 Å². The summed E-state index contributed by atoms with van der Waals surface area (Å²) in [5.41, 5.74) is 0.947. The number of nitrogens with zero attached hydrogens (tertiary/aromatic N) is 1. The van der Waals surface area contributed by atoms with E-state index in [0.29, 0.717) is 11.0 Å². The Balaban J connectivity index is 2.69. The second-order valence-electron chi connectivity index (χ2n) is 4.32. The molecule has 6 heteroatoms. The lowest BCUT2D eigenvalue weighted by Gasteiger charge is -2.15. The number of carboxylic acid groups (broad SMARTS) is 1. The molecule has 0 amide bonds. The highest BCUT2D eigenvalue weighted by molar-refractivity contribution is 7.98. The molecular formula is C13H16N2O3S. The Morgan fingerprint density at radius 3 is 2.84 bits per heavy atom. The number of para-hydroxylation sites is 1. The molecule has 19 heavy (non-hydrogen) atoms. The minimum absolute atomic E-state index is 0.0697. The molecule has 0 aliphatic heterocycles. The average molecular weight is 280 g/mol. The van der Waals surface area contributed by atoms with Crippen molar-refractivity contribution in [2.75, 3.05) is 12.0 Å². The van der Waals surface area contributed by atoms with E-state index in [4.69, 9.17) is 5.11 Å². The zero-order chi connectivity index (χ0) is 14.0. The van der Waals surface area contributed by atoms with Gasteiger partial charge in [-0.05, 0) is 24.8 Å². The van der Waals surface area contributed by atoms with Gasteiger partial charge in [0, 0.05) is 11.8 Å². The van der Waals surface area contributed by atoms with Crippen LogP contribution in [0.4, 0.5) is 0 Å². The van der Waals surface area contributed by atoms with Crippen molar-refractivity contribution >= 4 is 28.8 Å². The molecule has 102 valence electrons. The smallest absolute Gasteiger partial charge is 0.337 e. The number of aromatic amines is 1. The van der Waals surface area contributed by atoms with Gasteiger partial charge in [0.1, 0.15) is 0 Å². The molecule has 1 atom stereocenters. The number of thioether (sulfide) groups is 1. The standard InChI is InChI=1S/C13H16N2O3S/c1-3-8(7-19-2)15-10-6-4-5-9(12(16)17)11(10)14-13(15)18/h4-6,8H,3,7H2,1-2H3,(H,14,18)(H,16,17). The van der Waals surface area contributed by atoms with E-state index in [1.54, 1.807) is 28.5 Å². The zero-order valence-corrected chi connectivity index (χ0v) is 11.7. The molecule has 0 spiro atoms. The molecule has 0 saturated heterocycles. The van der Waals surface area contributed by atoms with Gasteiger partial charge in [-0.1, -0.05) is 13.0 Å². The summed E-state index contributed by atoms with van der Waals surface area (Å²) in [5.74, 6) is -0.211. The number of carboxylic acids is 1. The number of aromatic carboxylic acids is 1. The summed E-state index contributed by atoms with van der Waals surface area (Å²) in [6.45, 7) is 2.02. The van der Waals surface area contributed by atoms with Crippen LogP contribution < -0.4 is 5.69 Å². The summed E-state index contributed by atoms with van der Waals surface area (Å²) in [5, 5.41) is 9.15. The first kappa shape index (κ1) is 13.7. The van der Waals surface area contributed by atoms with Gasteiger partial charge in [-0.3, -0.25) is 4.57 Å². The van der Waals surface area contributed by atoms with Gasteiger partial charge in [-0.2, -0.15) is 11.8 Å². The van der Waals surface area contributed by atoms with Crippen molar-refractivity contribution in [1.29, 1.82) is 0 Å². The number of H-pyrrole nitrogens is 1. The van der Waals surface area contributed by atoms with E-state index in [1.807, 2.05) is 13.2 Å². The predicted octanol–water partition coefficient (Wildman–Crippen LogP) is 2.34. The van der Waals surface area contributed by atoms with Crippen molar-refractivity contribution in [3.05, 3.63) is 34.2 Å². The van der Waals surface area contributed by atoms with Gasteiger partial charge in [0.2, 0.25) is 0 Å². The van der Waals surface area contributed by atoms with Crippen LogP contribution in [0.15, 0.2) is 23.0 Å². The van der Waals surface area contributed by atoms with Crippen molar-refractivity contribution in [2.45, 2.75) is 19.4 Å². The van der Waals surface area contributed by atoms with E-state index in [-0.39, 0.29) is 17.3 Å². The van der Waals surface area contributed by atoms with Crippen molar-refractivity contribution < 1.29 is 9.90 Å². The first-order chi connectivity index (χ1) is 9.10. The number of fused-ring (bicyclic) bond motifs is 1. The van der Waals surface area contributed by atoms with E-state index >= 15 is 0 Å². The molecule has 0 radical (unpaired) electrons. The number of hydrogen-bond acceptors (Lipinski definition) is 3. The largest absolute Gasteiger partial charge is 0.478 e. The van der Waals surface area contributed by atoms with E-state index < -0.39 is 5.97 Å². The quantitative estimate of drug-likeness (QED) is 0.881. The van der Waals surface area contributed by atoms with E-state index in [0.717, 1.165) is 12.2 Å². The minimum atomic E-state index is -1.03. The van der Waals surface area contributed by atoms with E-state index in [9.17, 15) is 9.59 Å². The van der Waals surface area contributed by atoms with Crippen molar-refractivity contribution in [1.82, 2.24) is 9.55 Å². The van der Waals surface area contributed by atoms with Gasteiger partial charge in [0.25, 0.3) is 0 Å². The highest BCUT2D eigenvalue weighted by Crippen LogP contribution is 2.22.